The van der Waals surface area contributed by atoms with Gasteiger partial charge in [0.15, 0.2) is 0 Å². The zero-order valence-electron chi connectivity index (χ0n) is 7.48. The zero-order valence-corrected chi connectivity index (χ0v) is 8.38. The summed E-state index contributed by atoms with van der Waals surface area (Å²) in [5, 5.41) is 11.0. The first-order valence-corrected chi connectivity index (χ1v) is 6.39. The van der Waals surface area contributed by atoms with Gasteiger partial charge < -0.3 is 14.5 Å². The fourth-order valence-corrected chi connectivity index (χ4v) is 2.31. The molecular weight excluding hydrogens is 187 g/mol. The van der Waals surface area contributed by atoms with Crippen LogP contribution in [0.25, 0.3) is 0 Å². The lowest BCUT2D eigenvalue weighted by atomic mass is 10.2. The highest BCUT2D eigenvalue weighted by Gasteiger charge is 2.15. The van der Waals surface area contributed by atoms with E-state index in [1.54, 1.807) is 18.2 Å². The second-order valence-electron chi connectivity index (χ2n) is 3.16. The molecule has 1 rings (SSSR count). The molecule has 0 unspecified atom stereocenters. The number of carbonyl (C=O) groups is 1. The first-order valence-electron chi connectivity index (χ1n) is 3.79. The van der Waals surface area contributed by atoms with E-state index in [1.807, 2.05) is 0 Å². The second-order valence-corrected chi connectivity index (χ2v) is 6.34. The molecule has 0 amide bonds. The van der Waals surface area contributed by atoms with Gasteiger partial charge in [0.25, 0.3) is 0 Å². The third-order valence-corrected chi connectivity index (χ3v) is 3.25. The average molecular weight is 197 g/mol. The molecule has 3 nitrogen and oxygen atoms in total. The topological polar surface area (TPSA) is 57.2 Å². The van der Waals surface area contributed by atoms with Crippen LogP contribution < -0.4 is 10.4 Å². The highest BCUT2D eigenvalue weighted by Crippen LogP contribution is 2.35. The Kier molecular flexibility index (Phi) is 2.58. The van der Waals surface area contributed by atoms with E-state index in [1.165, 1.54) is 19.4 Å². The van der Waals surface area contributed by atoms with Crippen LogP contribution in [-0.2, 0) is 4.57 Å². The maximum atomic E-state index is 11.7. The number of hydrogen-bond acceptors (Lipinski definition) is 3. The second kappa shape index (κ2) is 3.35. The fraction of sp³-hybridized carbons (Fsp3) is 0.222. The van der Waals surface area contributed by atoms with Crippen LogP contribution in [0.4, 0.5) is 0 Å². The molecule has 0 saturated heterocycles. The van der Waals surface area contributed by atoms with Gasteiger partial charge in [-0.05, 0) is 13.3 Å². The van der Waals surface area contributed by atoms with Crippen LogP contribution in [0, 0.1) is 0 Å². The average Bonchev–Trinajstić information content (AvgIpc) is 2.03. The van der Waals surface area contributed by atoms with Crippen molar-refractivity contribution in [1.29, 1.82) is 0 Å². The summed E-state index contributed by atoms with van der Waals surface area (Å²) in [6.07, 6.45) is 0. The summed E-state index contributed by atoms with van der Waals surface area (Å²) in [5.41, 5.74) is 0.0239. The summed E-state index contributed by atoms with van der Waals surface area (Å²) in [7, 11) is -2.53. The molecule has 1 aromatic rings. The van der Waals surface area contributed by atoms with E-state index in [9.17, 15) is 14.5 Å². The minimum Gasteiger partial charge on any atom is -0.545 e. The van der Waals surface area contributed by atoms with Gasteiger partial charge in [-0.2, -0.15) is 0 Å². The summed E-state index contributed by atoms with van der Waals surface area (Å²) >= 11 is 0. The van der Waals surface area contributed by atoms with Crippen molar-refractivity contribution < 1.29 is 14.5 Å². The Morgan fingerprint density at radius 1 is 1.31 bits per heavy atom. The van der Waals surface area contributed by atoms with Crippen LogP contribution in [-0.4, -0.2) is 19.3 Å². The molecule has 0 aliphatic rings. The van der Waals surface area contributed by atoms with Crippen molar-refractivity contribution in [3.63, 3.8) is 0 Å². The van der Waals surface area contributed by atoms with Crippen LogP contribution in [0.3, 0.4) is 0 Å². The van der Waals surface area contributed by atoms with Crippen molar-refractivity contribution in [1.82, 2.24) is 0 Å². The Balaban J connectivity index is 3.37. The van der Waals surface area contributed by atoms with Crippen molar-refractivity contribution in [2.45, 2.75) is 0 Å². The minimum atomic E-state index is -2.53. The van der Waals surface area contributed by atoms with E-state index < -0.39 is 13.1 Å². The van der Waals surface area contributed by atoms with Gasteiger partial charge >= 0.3 is 0 Å². The number of benzene rings is 1. The van der Waals surface area contributed by atoms with Crippen LogP contribution in [0.15, 0.2) is 24.3 Å². The first kappa shape index (κ1) is 10.0. The van der Waals surface area contributed by atoms with Crippen molar-refractivity contribution in [2.24, 2.45) is 0 Å². The van der Waals surface area contributed by atoms with Crippen LogP contribution >= 0.6 is 7.14 Å². The lowest BCUT2D eigenvalue weighted by Gasteiger charge is -2.13. The zero-order chi connectivity index (χ0) is 10.1. The van der Waals surface area contributed by atoms with Gasteiger partial charge in [0, 0.05) is 10.9 Å². The molecule has 70 valence electrons. The number of aromatic carboxylic acids is 1. The molecule has 0 saturated carbocycles. The number of carboxylic acids is 1. The largest absolute Gasteiger partial charge is 0.545 e. The van der Waals surface area contributed by atoms with Gasteiger partial charge in [0.05, 0.1) is 5.97 Å². The Hall–Kier alpha value is -1.08. The number of rotatable bonds is 2. The van der Waals surface area contributed by atoms with Gasteiger partial charge in [-0.3, -0.25) is 0 Å². The van der Waals surface area contributed by atoms with Crippen molar-refractivity contribution in [3.05, 3.63) is 29.8 Å². The SMILES string of the molecule is CP(C)(=O)c1ccccc1C(=O)[O-]. The maximum absolute atomic E-state index is 11.7. The summed E-state index contributed by atoms with van der Waals surface area (Å²) < 4.78 is 11.7. The highest BCUT2D eigenvalue weighted by molar-refractivity contribution is 7.70. The predicted molar refractivity (Wildman–Crippen MR) is 49.9 cm³/mol. The van der Waals surface area contributed by atoms with Crippen molar-refractivity contribution >= 4 is 18.4 Å². The van der Waals surface area contributed by atoms with Gasteiger partial charge in [0.1, 0.15) is 7.14 Å². The summed E-state index contributed by atoms with van der Waals surface area (Å²) in [6.45, 7) is 3.07. The summed E-state index contributed by atoms with van der Waals surface area (Å²) in [4.78, 5) is 10.6. The number of carbonyl (C=O) groups excluding carboxylic acids is 1. The van der Waals surface area contributed by atoms with Crippen LogP contribution in [0.2, 0.25) is 0 Å². The first-order chi connectivity index (χ1) is 5.93. The number of hydrogen-bond donors (Lipinski definition) is 0. The third kappa shape index (κ3) is 2.19. The highest BCUT2D eigenvalue weighted by atomic mass is 31.2. The third-order valence-electron chi connectivity index (χ3n) is 1.70. The summed E-state index contributed by atoms with van der Waals surface area (Å²) in [6, 6.07) is 6.22. The van der Waals surface area contributed by atoms with Crippen LogP contribution in [0.1, 0.15) is 10.4 Å². The Morgan fingerprint density at radius 2 is 1.85 bits per heavy atom. The molecule has 13 heavy (non-hydrogen) atoms. The van der Waals surface area contributed by atoms with Gasteiger partial charge in [-0.15, -0.1) is 0 Å². The van der Waals surface area contributed by atoms with E-state index in [4.69, 9.17) is 0 Å². The van der Waals surface area contributed by atoms with Crippen molar-refractivity contribution in [3.8, 4) is 0 Å². The fourth-order valence-electron chi connectivity index (χ4n) is 1.12. The Morgan fingerprint density at radius 3 is 2.23 bits per heavy atom. The van der Waals surface area contributed by atoms with E-state index >= 15 is 0 Å². The van der Waals surface area contributed by atoms with Gasteiger partial charge in [-0.1, -0.05) is 24.3 Å². The summed E-state index contributed by atoms with van der Waals surface area (Å²) in [5.74, 6) is -1.28. The molecule has 0 bridgehead atoms. The molecule has 0 aromatic heterocycles. The Labute approximate surface area is 76.8 Å². The molecule has 1 aromatic carbocycles. The van der Waals surface area contributed by atoms with Crippen molar-refractivity contribution in [2.75, 3.05) is 13.3 Å². The van der Waals surface area contributed by atoms with Gasteiger partial charge in [-0.25, -0.2) is 0 Å². The Bertz CT molecular complexity index is 378. The van der Waals surface area contributed by atoms with E-state index in [0.29, 0.717) is 5.30 Å². The normalized spacial score (nSPS) is 11.2. The number of carboxylic acid groups (broad SMARTS) is 1. The van der Waals surface area contributed by atoms with Gasteiger partial charge in [0.2, 0.25) is 0 Å². The van der Waals surface area contributed by atoms with E-state index in [2.05, 4.69) is 0 Å². The lowest BCUT2D eigenvalue weighted by Crippen LogP contribution is -2.28. The minimum absolute atomic E-state index is 0.0239. The quantitative estimate of drug-likeness (QED) is 0.640. The standard InChI is InChI=1S/C9H11O3P/c1-13(2,12)8-6-4-3-5-7(8)9(10)11/h3-6H,1-2H3,(H,10,11)/p-1. The molecule has 0 N–H and O–H groups in total. The lowest BCUT2D eigenvalue weighted by molar-refractivity contribution is -0.254. The molecule has 0 fully saturated rings. The molecule has 0 atom stereocenters. The van der Waals surface area contributed by atoms with E-state index in [-0.39, 0.29) is 5.56 Å². The predicted octanol–water partition coefficient (Wildman–Crippen LogP) is 0.298. The van der Waals surface area contributed by atoms with Crippen LogP contribution in [0.5, 0.6) is 0 Å². The molecule has 0 radical (unpaired) electrons. The molecule has 0 spiro atoms. The molecular formula is C9H10O3P-. The smallest absolute Gasteiger partial charge is 0.110 e. The molecule has 0 heterocycles. The van der Waals surface area contributed by atoms with E-state index in [0.717, 1.165) is 0 Å². The molecule has 0 aliphatic heterocycles. The molecule has 4 heteroatoms. The maximum Gasteiger partial charge on any atom is 0.110 e. The monoisotopic (exact) mass is 197 g/mol. The molecule has 0 aliphatic carbocycles.